The number of rotatable bonds is 3. The van der Waals surface area contributed by atoms with E-state index < -0.39 is 5.54 Å². The third-order valence-corrected chi connectivity index (χ3v) is 3.90. The van der Waals surface area contributed by atoms with Crippen LogP contribution in [-0.4, -0.2) is 68.4 Å². The molecule has 1 saturated heterocycles. The van der Waals surface area contributed by atoms with Crippen molar-refractivity contribution in [2.75, 3.05) is 26.2 Å². The van der Waals surface area contributed by atoms with Gasteiger partial charge in [-0.3, -0.25) is 9.69 Å². The summed E-state index contributed by atoms with van der Waals surface area (Å²) >= 11 is 0. The van der Waals surface area contributed by atoms with E-state index in [0.29, 0.717) is 31.7 Å². The summed E-state index contributed by atoms with van der Waals surface area (Å²) in [5.74, 6) is 0.0931. The number of nitrogens with two attached hydrogens (primary N) is 1. The van der Waals surface area contributed by atoms with Crippen molar-refractivity contribution in [2.24, 2.45) is 10.9 Å². The molecule has 0 saturated carbocycles. The molecule has 8 nitrogen and oxygen atoms in total. The lowest BCUT2D eigenvalue weighted by Gasteiger charge is -2.43. The highest BCUT2D eigenvalue weighted by Crippen LogP contribution is 2.18. The molecule has 1 amide bonds. The van der Waals surface area contributed by atoms with Gasteiger partial charge < -0.3 is 15.8 Å². The maximum Gasteiger partial charge on any atom is 0.257 e. The van der Waals surface area contributed by atoms with E-state index in [9.17, 15) is 4.79 Å². The summed E-state index contributed by atoms with van der Waals surface area (Å²) in [6.07, 6.45) is 4.43. The highest BCUT2D eigenvalue weighted by molar-refractivity contribution is 5.93. The van der Waals surface area contributed by atoms with Crippen LogP contribution in [0.3, 0.4) is 0 Å². The van der Waals surface area contributed by atoms with Crippen molar-refractivity contribution < 1.29 is 10.0 Å². The number of nitrogens with zero attached hydrogens (tertiary/aromatic N) is 5. The van der Waals surface area contributed by atoms with Crippen molar-refractivity contribution in [3.8, 4) is 0 Å². The first-order valence-electron chi connectivity index (χ1n) is 6.74. The molecule has 0 aliphatic carbocycles. The van der Waals surface area contributed by atoms with Crippen LogP contribution in [-0.2, 0) is 0 Å². The summed E-state index contributed by atoms with van der Waals surface area (Å²) < 4.78 is 0. The smallest absolute Gasteiger partial charge is 0.257 e. The van der Waals surface area contributed by atoms with E-state index >= 15 is 0 Å². The summed E-state index contributed by atoms with van der Waals surface area (Å²) in [7, 11) is 0. The zero-order chi connectivity index (χ0) is 15.5. The van der Waals surface area contributed by atoms with E-state index in [-0.39, 0.29) is 11.7 Å². The highest BCUT2D eigenvalue weighted by Gasteiger charge is 2.34. The summed E-state index contributed by atoms with van der Waals surface area (Å²) in [4.78, 5) is 23.9. The molecule has 0 aromatic carbocycles. The first-order valence-corrected chi connectivity index (χ1v) is 6.74. The van der Waals surface area contributed by atoms with E-state index in [1.807, 2.05) is 13.8 Å². The van der Waals surface area contributed by atoms with Crippen LogP contribution in [0.25, 0.3) is 0 Å². The Labute approximate surface area is 123 Å². The highest BCUT2D eigenvalue weighted by atomic mass is 16.4. The lowest BCUT2D eigenvalue weighted by atomic mass is 10.00. The fourth-order valence-electron chi connectivity index (χ4n) is 2.35. The average Bonchev–Trinajstić information content (AvgIpc) is 2.54. The van der Waals surface area contributed by atoms with Gasteiger partial charge in [0.15, 0.2) is 5.84 Å². The number of amides is 1. The Hall–Kier alpha value is -2.22. The van der Waals surface area contributed by atoms with Crippen LogP contribution in [0.15, 0.2) is 23.9 Å². The Morgan fingerprint density at radius 3 is 2.38 bits per heavy atom. The topological polar surface area (TPSA) is 108 Å². The van der Waals surface area contributed by atoms with E-state index in [4.69, 9.17) is 10.9 Å². The largest absolute Gasteiger partial charge is 0.409 e. The average molecular weight is 292 g/mol. The standard InChI is InChI=1S/C13H20N6O2/c1-13(2,12(14)17-21)19-5-3-18(4-6-19)11(20)10-7-15-9-16-8-10/h7-9,21H,3-6H2,1-2H3,(H2,14,17). The molecule has 1 aromatic rings. The van der Waals surface area contributed by atoms with Crippen molar-refractivity contribution in [1.29, 1.82) is 0 Å². The van der Waals surface area contributed by atoms with Gasteiger partial charge in [-0.05, 0) is 13.8 Å². The number of oxime groups is 1. The molecule has 2 rings (SSSR count). The van der Waals surface area contributed by atoms with E-state index in [0.717, 1.165) is 0 Å². The first kappa shape index (κ1) is 15.2. The minimum absolute atomic E-state index is 0.0724. The molecule has 21 heavy (non-hydrogen) atoms. The van der Waals surface area contributed by atoms with Crippen LogP contribution in [0.5, 0.6) is 0 Å². The van der Waals surface area contributed by atoms with E-state index in [1.165, 1.54) is 18.7 Å². The number of piperazine rings is 1. The van der Waals surface area contributed by atoms with Gasteiger partial charge in [0, 0.05) is 38.6 Å². The van der Waals surface area contributed by atoms with Crippen molar-refractivity contribution in [3.05, 3.63) is 24.3 Å². The number of carbonyl (C=O) groups excluding carboxylic acids is 1. The van der Waals surface area contributed by atoms with Gasteiger partial charge in [-0.2, -0.15) is 0 Å². The Morgan fingerprint density at radius 1 is 1.29 bits per heavy atom. The summed E-state index contributed by atoms with van der Waals surface area (Å²) in [5.41, 5.74) is 5.67. The van der Waals surface area contributed by atoms with Crippen LogP contribution < -0.4 is 5.73 Å². The quantitative estimate of drug-likeness (QED) is 0.344. The minimum Gasteiger partial charge on any atom is -0.409 e. The Bertz CT molecular complexity index is 523. The molecule has 0 bridgehead atoms. The zero-order valence-corrected chi connectivity index (χ0v) is 12.2. The van der Waals surface area contributed by atoms with Gasteiger partial charge >= 0.3 is 0 Å². The van der Waals surface area contributed by atoms with Crippen LogP contribution in [0, 0.1) is 0 Å². The number of aromatic nitrogens is 2. The van der Waals surface area contributed by atoms with Crippen LogP contribution in [0.4, 0.5) is 0 Å². The second kappa shape index (κ2) is 6.04. The van der Waals surface area contributed by atoms with Crippen molar-refractivity contribution >= 4 is 11.7 Å². The molecule has 1 aliphatic rings. The molecule has 114 valence electrons. The maximum atomic E-state index is 12.3. The zero-order valence-electron chi connectivity index (χ0n) is 12.2. The van der Waals surface area contributed by atoms with Gasteiger partial charge in [0.25, 0.3) is 5.91 Å². The van der Waals surface area contributed by atoms with Gasteiger partial charge in [0.05, 0.1) is 11.1 Å². The fourth-order valence-corrected chi connectivity index (χ4v) is 2.35. The third kappa shape index (κ3) is 3.10. The lowest BCUT2D eigenvalue weighted by molar-refractivity contribution is 0.0531. The van der Waals surface area contributed by atoms with E-state index in [1.54, 1.807) is 4.90 Å². The monoisotopic (exact) mass is 292 g/mol. The Morgan fingerprint density at radius 2 is 1.86 bits per heavy atom. The molecule has 1 fully saturated rings. The third-order valence-electron chi connectivity index (χ3n) is 3.90. The molecule has 0 spiro atoms. The van der Waals surface area contributed by atoms with Gasteiger partial charge in [-0.1, -0.05) is 5.16 Å². The molecule has 2 heterocycles. The molecule has 1 aromatic heterocycles. The number of hydrogen-bond acceptors (Lipinski definition) is 6. The van der Waals surface area contributed by atoms with Gasteiger partial charge in [-0.25, -0.2) is 9.97 Å². The van der Waals surface area contributed by atoms with Crippen molar-refractivity contribution in [1.82, 2.24) is 19.8 Å². The molecular weight excluding hydrogens is 272 g/mol. The summed E-state index contributed by atoms with van der Waals surface area (Å²) in [6.45, 7) is 6.26. The summed E-state index contributed by atoms with van der Waals surface area (Å²) in [6, 6.07) is 0. The molecule has 1 aliphatic heterocycles. The van der Waals surface area contributed by atoms with Gasteiger partial charge in [0.1, 0.15) is 6.33 Å². The number of hydrogen-bond donors (Lipinski definition) is 2. The Kier molecular flexibility index (Phi) is 4.37. The second-order valence-electron chi connectivity index (χ2n) is 5.45. The molecule has 0 atom stereocenters. The predicted molar refractivity (Wildman–Crippen MR) is 77.0 cm³/mol. The maximum absolute atomic E-state index is 12.3. The first-order chi connectivity index (χ1) is 9.96. The lowest BCUT2D eigenvalue weighted by Crippen LogP contribution is -2.60. The number of carbonyl (C=O) groups is 1. The second-order valence-corrected chi connectivity index (χ2v) is 5.45. The molecule has 0 unspecified atom stereocenters. The van der Waals surface area contributed by atoms with Crippen molar-refractivity contribution in [3.63, 3.8) is 0 Å². The SMILES string of the molecule is CC(C)(C(N)=NO)N1CCN(C(=O)c2cncnc2)CC1. The predicted octanol–water partition coefficient (Wildman–Crippen LogP) is -0.241. The van der Waals surface area contributed by atoms with Crippen molar-refractivity contribution in [2.45, 2.75) is 19.4 Å². The Balaban J connectivity index is 1.99. The fraction of sp³-hybridized carbons (Fsp3) is 0.538. The van der Waals surface area contributed by atoms with Gasteiger partial charge in [-0.15, -0.1) is 0 Å². The molecule has 0 radical (unpaired) electrons. The molecule has 3 N–H and O–H groups in total. The van der Waals surface area contributed by atoms with E-state index in [2.05, 4.69) is 20.0 Å². The van der Waals surface area contributed by atoms with Crippen LogP contribution >= 0.6 is 0 Å². The summed E-state index contributed by atoms with van der Waals surface area (Å²) in [5, 5.41) is 11.9. The van der Waals surface area contributed by atoms with Crippen LogP contribution in [0.1, 0.15) is 24.2 Å². The minimum atomic E-state index is -0.542. The normalized spacial score (nSPS) is 17.8. The van der Waals surface area contributed by atoms with Gasteiger partial charge in [0.2, 0.25) is 0 Å². The van der Waals surface area contributed by atoms with Crippen LogP contribution in [0.2, 0.25) is 0 Å². The number of amidine groups is 1. The molecule has 8 heteroatoms. The molecular formula is C13H20N6O2.